The Morgan fingerprint density at radius 2 is 1.82 bits per heavy atom. The summed E-state index contributed by atoms with van der Waals surface area (Å²) in [5.74, 6) is 2.63. The fourth-order valence-electron chi connectivity index (χ4n) is 3.88. The van der Waals surface area contributed by atoms with Gasteiger partial charge in [0.25, 0.3) is 5.91 Å². The molecule has 0 radical (unpaired) electrons. The fourth-order valence-corrected chi connectivity index (χ4v) is 4.43. The van der Waals surface area contributed by atoms with Gasteiger partial charge in [-0.15, -0.1) is 5.10 Å². The summed E-state index contributed by atoms with van der Waals surface area (Å²) in [6.07, 6.45) is 0. The third-order valence-corrected chi connectivity index (χ3v) is 6.01. The van der Waals surface area contributed by atoms with Crippen LogP contribution in [0.5, 0.6) is 11.5 Å². The van der Waals surface area contributed by atoms with E-state index in [0.29, 0.717) is 41.3 Å². The molecule has 0 bridgehead atoms. The van der Waals surface area contributed by atoms with Crippen LogP contribution in [0.2, 0.25) is 0 Å². The zero-order chi connectivity index (χ0) is 24.1. The van der Waals surface area contributed by atoms with E-state index in [-0.39, 0.29) is 5.91 Å². The van der Waals surface area contributed by atoms with Gasteiger partial charge in [0.2, 0.25) is 11.1 Å². The van der Waals surface area contributed by atoms with Crippen LogP contribution < -0.4 is 20.1 Å². The molecule has 4 rings (SSSR count). The Morgan fingerprint density at radius 3 is 2.53 bits per heavy atom. The van der Waals surface area contributed by atoms with Crippen LogP contribution >= 0.6 is 11.8 Å². The molecule has 1 unspecified atom stereocenters. The lowest BCUT2D eigenvalue weighted by Crippen LogP contribution is -2.31. The Balaban J connectivity index is 1.74. The first kappa shape index (κ1) is 23.7. The third kappa shape index (κ3) is 4.89. The number of thioether (sulfide) groups is 1. The highest BCUT2D eigenvalue weighted by atomic mass is 32.2. The van der Waals surface area contributed by atoms with E-state index in [4.69, 9.17) is 14.6 Å². The lowest BCUT2D eigenvalue weighted by atomic mass is 9.95. The van der Waals surface area contributed by atoms with Gasteiger partial charge in [0.1, 0.15) is 17.5 Å². The number of benzene rings is 2. The van der Waals surface area contributed by atoms with Crippen molar-refractivity contribution in [1.29, 1.82) is 0 Å². The van der Waals surface area contributed by atoms with Gasteiger partial charge in [-0.1, -0.05) is 43.0 Å². The molecule has 0 saturated heterocycles. The van der Waals surface area contributed by atoms with Gasteiger partial charge in [-0.3, -0.25) is 4.79 Å². The Kier molecular flexibility index (Phi) is 7.42. The zero-order valence-corrected chi connectivity index (χ0v) is 20.6. The van der Waals surface area contributed by atoms with E-state index in [1.165, 1.54) is 0 Å². The van der Waals surface area contributed by atoms with Crippen molar-refractivity contribution in [2.45, 2.75) is 38.9 Å². The summed E-state index contributed by atoms with van der Waals surface area (Å²) in [4.78, 5) is 18.3. The molecule has 0 spiro atoms. The summed E-state index contributed by atoms with van der Waals surface area (Å²) in [7, 11) is 0. The lowest BCUT2D eigenvalue weighted by molar-refractivity contribution is -0.113. The molecule has 3 aromatic rings. The van der Waals surface area contributed by atoms with Gasteiger partial charge < -0.3 is 20.1 Å². The molecular formula is C25H29N5O3S. The van der Waals surface area contributed by atoms with E-state index >= 15 is 0 Å². The van der Waals surface area contributed by atoms with Gasteiger partial charge in [-0.2, -0.15) is 4.98 Å². The van der Waals surface area contributed by atoms with E-state index in [1.807, 2.05) is 69.3 Å². The summed E-state index contributed by atoms with van der Waals surface area (Å²) < 4.78 is 13.1. The molecule has 178 valence electrons. The third-order valence-electron chi connectivity index (χ3n) is 5.29. The number of hydrogen-bond donors (Lipinski definition) is 2. The van der Waals surface area contributed by atoms with Crippen LogP contribution in [0, 0.1) is 0 Å². The van der Waals surface area contributed by atoms with Crippen molar-refractivity contribution in [1.82, 2.24) is 14.8 Å². The molecule has 0 aliphatic carbocycles. The van der Waals surface area contributed by atoms with Crippen LogP contribution in [-0.4, -0.2) is 39.6 Å². The van der Waals surface area contributed by atoms with Crippen molar-refractivity contribution in [2.24, 2.45) is 0 Å². The van der Waals surface area contributed by atoms with Crippen LogP contribution in [0.15, 0.2) is 65.0 Å². The number of nitrogens with one attached hydrogen (secondary N) is 2. The van der Waals surface area contributed by atoms with Gasteiger partial charge >= 0.3 is 0 Å². The van der Waals surface area contributed by atoms with Gasteiger partial charge in [0.15, 0.2) is 0 Å². The second-order valence-electron chi connectivity index (χ2n) is 7.55. The number of hydrogen-bond acceptors (Lipinski definition) is 7. The molecule has 2 aromatic carbocycles. The number of ether oxygens (including phenoxy) is 2. The van der Waals surface area contributed by atoms with Gasteiger partial charge in [0.05, 0.1) is 24.5 Å². The fraction of sp³-hybridized carbons (Fsp3) is 0.320. The standard InChI is InChI=1S/C25H29N5O3S/c1-5-32-18-14-12-17(13-15-18)22-21(16(4)26-24-28-25(34-7-3)29-30(22)24)23(31)27-19-10-8-9-11-20(19)33-6-2/h8-15,22H,5-7H2,1-4H3,(H,27,31)(H,26,28,29). The van der Waals surface area contributed by atoms with Crippen molar-refractivity contribution in [2.75, 3.05) is 29.6 Å². The van der Waals surface area contributed by atoms with E-state index < -0.39 is 6.04 Å². The average molecular weight is 480 g/mol. The minimum Gasteiger partial charge on any atom is -0.494 e. The maximum atomic E-state index is 13.7. The zero-order valence-electron chi connectivity index (χ0n) is 19.8. The SMILES string of the molecule is CCOc1ccc(C2C(C(=O)Nc3ccccc3OCC)=C(C)Nc3nc(SCC)nn32)cc1. The predicted molar refractivity (Wildman–Crippen MR) is 135 cm³/mol. The van der Waals surface area contributed by atoms with Crippen molar-refractivity contribution in [3.8, 4) is 11.5 Å². The summed E-state index contributed by atoms with van der Waals surface area (Å²) in [6, 6.07) is 14.7. The first-order valence-corrected chi connectivity index (χ1v) is 12.4. The molecule has 1 amide bonds. The maximum Gasteiger partial charge on any atom is 0.255 e. The van der Waals surface area contributed by atoms with Crippen LogP contribution in [0.25, 0.3) is 0 Å². The molecule has 1 atom stereocenters. The lowest BCUT2D eigenvalue weighted by Gasteiger charge is -2.29. The number of nitrogens with zero attached hydrogens (tertiary/aromatic N) is 3. The van der Waals surface area contributed by atoms with Gasteiger partial charge in [0, 0.05) is 5.70 Å². The molecule has 1 aromatic heterocycles. The largest absolute Gasteiger partial charge is 0.494 e. The number of anilines is 2. The number of para-hydroxylation sites is 2. The molecule has 0 saturated carbocycles. The monoisotopic (exact) mass is 479 g/mol. The minimum absolute atomic E-state index is 0.234. The van der Waals surface area contributed by atoms with Crippen molar-refractivity contribution in [3.05, 3.63) is 65.4 Å². The van der Waals surface area contributed by atoms with E-state index in [9.17, 15) is 4.79 Å². The number of aromatic nitrogens is 3. The van der Waals surface area contributed by atoms with Gasteiger partial charge in [-0.05, 0) is 56.4 Å². The van der Waals surface area contributed by atoms with Crippen LogP contribution in [0.4, 0.5) is 11.6 Å². The van der Waals surface area contributed by atoms with Crippen LogP contribution in [0.1, 0.15) is 39.3 Å². The molecule has 1 aliphatic heterocycles. The smallest absolute Gasteiger partial charge is 0.255 e. The van der Waals surface area contributed by atoms with Crippen molar-refractivity contribution < 1.29 is 14.3 Å². The minimum atomic E-state index is -0.454. The summed E-state index contributed by atoms with van der Waals surface area (Å²) in [6.45, 7) is 8.89. The summed E-state index contributed by atoms with van der Waals surface area (Å²) in [5.41, 5.74) is 2.80. The Labute approximate surface area is 203 Å². The average Bonchev–Trinajstić information content (AvgIpc) is 3.22. The van der Waals surface area contributed by atoms with Crippen LogP contribution in [-0.2, 0) is 4.79 Å². The molecule has 9 heteroatoms. The molecular weight excluding hydrogens is 450 g/mol. The van der Waals surface area contributed by atoms with Crippen molar-refractivity contribution >= 4 is 29.3 Å². The Bertz CT molecular complexity index is 1190. The number of amides is 1. The number of fused-ring (bicyclic) bond motifs is 1. The number of allylic oxidation sites excluding steroid dienone is 1. The number of carbonyl (C=O) groups is 1. The highest BCUT2D eigenvalue weighted by Crippen LogP contribution is 2.37. The highest BCUT2D eigenvalue weighted by Gasteiger charge is 2.34. The topological polar surface area (TPSA) is 90.3 Å². The highest BCUT2D eigenvalue weighted by molar-refractivity contribution is 7.99. The van der Waals surface area contributed by atoms with E-state index in [1.54, 1.807) is 16.4 Å². The van der Waals surface area contributed by atoms with E-state index in [2.05, 4.69) is 22.5 Å². The predicted octanol–water partition coefficient (Wildman–Crippen LogP) is 5.12. The normalized spacial score (nSPS) is 14.9. The second-order valence-corrected chi connectivity index (χ2v) is 8.78. The van der Waals surface area contributed by atoms with E-state index in [0.717, 1.165) is 22.8 Å². The molecule has 2 heterocycles. The Hall–Kier alpha value is -3.46. The molecule has 2 N–H and O–H groups in total. The molecule has 1 aliphatic rings. The number of carbonyl (C=O) groups excluding carboxylic acids is 1. The molecule has 34 heavy (non-hydrogen) atoms. The Morgan fingerprint density at radius 1 is 1.09 bits per heavy atom. The first-order valence-electron chi connectivity index (χ1n) is 11.4. The second kappa shape index (κ2) is 10.6. The summed E-state index contributed by atoms with van der Waals surface area (Å²) >= 11 is 1.56. The van der Waals surface area contributed by atoms with Crippen LogP contribution in [0.3, 0.4) is 0 Å². The first-order chi connectivity index (χ1) is 16.5. The van der Waals surface area contributed by atoms with Gasteiger partial charge in [-0.25, -0.2) is 4.68 Å². The maximum absolute atomic E-state index is 13.7. The molecule has 0 fully saturated rings. The summed E-state index contributed by atoms with van der Waals surface area (Å²) in [5, 5.41) is 11.7. The number of rotatable bonds is 9. The molecule has 8 nitrogen and oxygen atoms in total. The quantitative estimate of drug-likeness (QED) is 0.412. The van der Waals surface area contributed by atoms with Crippen molar-refractivity contribution in [3.63, 3.8) is 0 Å².